The van der Waals surface area contributed by atoms with Gasteiger partial charge in [-0.25, -0.2) is 9.59 Å². The summed E-state index contributed by atoms with van der Waals surface area (Å²) < 4.78 is 35.5. The van der Waals surface area contributed by atoms with Crippen molar-refractivity contribution in [3.8, 4) is 0 Å². The zero-order chi connectivity index (χ0) is 35.3. The molecule has 2 aromatic carbocycles. The zero-order valence-corrected chi connectivity index (χ0v) is 30.0. The maximum absolute atomic E-state index is 13.6. The Labute approximate surface area is 296 Å². The van der Waals surface area contributed by atoms with Crippen molar-refractivity contribution in [2.24, 2.45) is 0 Å². The monoisotopic (exact) mass is 694 g/mol. The molecule has 0 bridgehead atoms. The molecule has 1 aliphatic carbocycles. The van der Waals surface area contributed by atoms with Gasteiger partial charge in [-0.1, -0.05) is 48.0 Å². The lowest BCUT2D eigenvalue weighted by Gasteiger charge is -2.37. The molecule has 1 spiro atoms. The summed E-state index contributed by atoms with van der Waals surface area (Å²) in [6.45, 7) is 15.0. The smallest absolute Gasteiger partial charge is 0.343 e. The fourth-order valence-corrected chi connectivity index (χ4v) is 7.25. The topological polar surface area (TPSA) is 116 Å². The largest absolute Gasteiger partial charge is 0.488 e. The SMILES string of the molecule is Cc1cc(C)c(C2=C(OCc3ccccc3)[C@]3(CC[C@H](OCCOCCN4CCN(CCOCCOCC(=O)O)CC4)CC3)OC2=O)c(C)c1. The van der Waals surface area contributed by atoms with E-state index in [-0.39, 0.29) is 18.7 Å². The molecule has 2 aliphatic heterocycles. The highest BCUT2D eigenvalue weighted by atomic mass is 16.6. The minimum absolute atomic E-state index is 0.0829. The van der Waals surface area contributed by atoms with E-state index in [0.29, 0.717) is 70.4 Å². The molecule has 0 aromatic heterocycles. The van der Waals surface area contributed by atoms with Gasteiger partial charge < -0.3 is 33.5 Å². The molecule has 11 nitrogen and oxygen atoms in total. The van der Waals surface area contributed by atoms with Crippen molar-refractivity contribution in [2.75, 3.05) is 85.5 Å². The van der Waals surface area contributed by atoms with Gasteiger partial charge >= 0.3 is 11.9 Å². The number of carbonyl (C=O) groups excluding carboxylic acids is 1. The van der Waals surface area contributed by atoms with Gasteiger partial charge in [0, 0.05) is 39.3 Å². The van der Waals surface area contributed by atoms with Crippen LogP contribution in [0, 0.1) is 20.8 Å². The molecule has 5 rings (SSSR count). The van der Waals surface area contributed by atoms with Gasteiger partial charge in [-0.3, -0.25) is 9.80 Å². The average Bonchev–Trinajstić information content (AvgIpc) is 3.35. The molecule has 2 fully saturated rings. The van der Waals surface area contributed by atoms with Gasteiger partial charge in [-0.15, -0.1) is 0 Å². The van der Waals surface area contributed by atoms with Crippen LogP contribution in [0.3, 0.4) is 0 Å². The van der Waals surface area contributed by atoms with E-state index in [1.54, 1.807) is 0 Å². The number of rotatable bonds is 19. The minimum Gasteiger partial charge on any atom is -0.488 e. The van der Waals surface area contributed by atoms with E-state index in [2.05, 4.69) is 42.7 Å². The second kappa shape index (κ2) is 18.8. The van der Waals surface area contributed by atoms with Gasteiger partial charge in [0.25, 0.3) is 0 Å². The molecule has 50 heavy (non-hydrogen) atoms. The number of carboxylic acids is 1. The Hall–Kier alpha value is -3.32. The van der Waals surface area contributed by atoms with Gasteiger partial charge in [0.05, 0.1) is 45.7 Å². The Kier molecular flexibility index (Phi) is 14.2. The molecule has 1 saturated heterocycles. The third-order valence-electron chi connectivity index (χ3n) is 9.77. The molecular formula is C39H54N2O9. The van der Waals surface area contributed by atoms with Crippen LogP contribution in [0.5, 0.6) is 0 Å². The summed E-state index contributed by atoms with van der Waals surface area (Å²) in [5.41, 5.74) is 5.01. The van der Waals surface area contributed by atoms with Crippen molar-refractivity contribution < 1.29 is 43.1 Å². The molecule has 3 aliphatic rings. The summed E-state index contributed by atoms with van der Waals surface area (Å²) in [6, 6.07) is 14.3. The van der Waals surface area contributed by atoms with Crippen LogP contribution in [0.25, 0.3) is 5.57 Å². The van der Waals surface area contributed by atoms with Crippen LogP contribution in [-0.4, -0.2) is 124 Å². The molecule has 1 saturated carbocycles. The molecular weight excluding hydrogens is 640 g/mol. The second-order valence-electron chi connectivity index (χ2n) is 13.6. The van der Waals surface area contributed by atoms with Crippen LogP contribution in [0.15, 0.2) is 48.2 Å². The molecule has 2 heterocycles. The number of carboxylic acid groups (broad SMARTS) is 1. The fourth-order valence-electron chi connectivity index (χ4n) is 7.25. The molecule has 0 amide bonds. The molecule has 0 atom stereocenters. The van der Waals surface area contributed by atoms with E-state index in [9.17, 15) is 9.59 Å². The van der Waals surface area contributed by atoms with Gasteiger partial charge in [0.1, 0.15) is 18.8 Å². The number of carbonyl (C=O) groups is 2. The van der Waals surface area contributed by atoms with Gasteiger partial charge in [-0.2, -0.15) is 0 Å². The normalized spacial score (nSPS) is 21.6. The van der Waals surface area contributed by atoms with Crippen LogP contribution < -0.4 is 0 Å². The summed E-state index contributed by atoms with van der Waals surface area (Å²) in [6.07, 6.45) is 2.94. The zero-order valence-electron chi connectivity index (χ0n) is 30.0. The summed E-state index contributed by atoms with van der Waals surface area (Å²) in [4.78, 5) is 28.8. The lowest BCUT2D eigenvalue weighted by molar-refractivity contribution is -0.154. The van der Waals surface area contributed by atoms with E-state index in [4.69, 9.17) is 33.5 Å². The van der Waals surface area contributed by atoms with Crippen LogP contribution >= 0.6 is 0 Å². The van der Waals surface area contributed by atoms with Crippen LogP contribution in [0.1, 0.15) is 53.5 Å². The Morgan fingerprint density at radius 1 is 0.840 bits per heavy atom. The Balaban J connectivity index is 1.02. The van der Waals surface area contributed by atoms with Gasteiger partial charge in [-0.05, 0) is 68.7 Å². The number of aryl methyl sites for hydroxylation is 3. The molecule has 0 unspecified atom stereocenters. The van der Waals surface area contributed by atoms with Crippen LogP contribution in [0.4, 0.5) is 0 Å². The maximum atomic E-state index is 13.6. The van der Waals surface area contributed by atoms with Crippen LogP contribution in [0.2, 0.25) is 0 Å². The highest BCUT2D eigenvalue weighted by molar-refractivity contribution is 6.20. The van der Waals surface area contributed by atoms with E-state index in [1.165, 1.54) is 0 Å². The number of nitrogens with zero attached hydrogens (tertiary/aromatic N) is 2. The maximum Gasteiger partial charge on any atom is 0.343 e. The van der Waals surface area contributed by atoms with Gasteiger partial charge in [0.15, 0.2) is 11.4 Å². The summed E-state index contributed by atoms with van der Waals surface area (Å²) in [7, 11) is 0. The predicted molar refractivity (Wildman–Crippen MR) is 189 cm³/mol. The minimum atomic E-state index is -0.967. The van der Waals surface area contributed by atoms with Crippen molar-refractivity contribution in [1.82, 2.24) is 9.80 Å². The van der Waals surface area contributed by atoms with E-state index in [1.807, 2.05) is 30.3 Å². The number of esters is 1. The molecule has 274 valence electrons. The first-order valence-electron chi connectivity index (χ1n) is 18.0. The second-order valence-corrected chi connectivity index (χ2v) is 13.6. The first-order chi connectivity index (χ1) is 24.2. The Bertz CT molecular complexity index is 1410. The fraction of sp³-hybridized carbons (Fsp3) is 0.590. The Morgan fingerprint density at radius 3 is 2.02 bits per heavy atom. The van der Waals surface area contributed by atoms with Crippen molar-refractivity contribution in [3.63, 3.8) is 0 Å². The molecule has 11 heteroatoms. The highest BCUT2D eigenvalue weighted by Gasteiger charge is 2.52. The van der Waals surface area contributed by atoms with E-state index < -0.39 is 11.6 Å². The quantitative estimate of drug-likeness (QED) is 0.165. The summed E-state index contributed by atoms with van der Waals surface area (Å²) in [5.74, 6) is -0.605. The number of benzene rings is 2. The highest BCUT2D eigenvalue weighted by Crippen LogP contribution is 2.48. The first kappa shape index (κ1) is 37.9. The summed E-state index contributed by atoms with van der Waals surface area (Å²) >= 11 is 0. The summed E-state index contributed by atoms with van der Waals surface area (Å²) in [5, 5.41) is 8.57. The molecule has 0 radical (unpaired) electrons. The lowest BCUT2D eigenvalue weighted by Crippen LogP contribution is -2.48. The average molecular weight is 695 g/mol. The first-order valence-corrected chi connectivity index (χ1v) is 18.0. The van der Waals surface area contributed by atoms with Crippen molar-refractivity contribution >= 4 is 17.5 Å². The molecule has 1 N–H and O–H groups in total. The Morgan fingerprint density at radius 2 is 1.42 bits per heavy atom. The van der Waals surface area contributed by atoms with Crippen molar-refractivity contribution in [1.29, 1.82) is 0 Å². The number of piperazine rings is 1. The lowest BCUT2D eigenvalue weighted by atomic mass is 9.80. The number of aliphatic carboxylic acids is 1. The van der Waals surface area contributed by atoms with Crippen molar-refractivity contribution in [3.05, 3.63) is 76.0 Å². The predicted octanol–water partition coefficient (Wildman–Crippen LogP) is 4.55. The van der Waals surface area contributed by atoms with E-state index >= 15 is 0 Å². The van der Waals surface area contributed by atoms with E-state index in [0.717, 1.165) is 79.9 Å². The third kappa shape index (κ3) is 10.6. The number of hydrogen-bond acceptors (Lipinski definition) is 10. The van der Waals surface area contributed by atoms with Gasteiger partial charge in [0.2, 0.25) is 0 Å². The standard InChI is InChI=1S/C39H54N2O9/c1-29-25-30(2)35(31(3)26-29)36-37(49-27-32-7-5-4-6-8-32)39(50-38(36)44)11-9-33(10-12-39)48-24-23-46-20-18-41-15-13-40(14-16-41)17-19-45-21-22-47-28-34(42)43/h4-8,25-26,33H,9-24,27-28H2,1-3H3,(H,42,43)/t33-,39+. The molecule has 2 aromatic rings. The number of hydrogen-bond donors (Lipinski definition) is 1. The number of ether oxygens (including phenoxy) is 6. The third-order valence-corrected chi connectivity index (χ3v) is 9.77. The van der Waals surface area contributed by atoms with Crippen molar-refractivity contribution in [2.45, 2.75) is 64.8 Å². The van der Waals surface area contributed by atoms with Crippen LogP contribution in [-0.2, 0) is 44.6 Å².